The zero-order valence-corrected chi connectivity index (χ0v) is 18.4. The SMILES string of the molecule is COCCOC(=O)C1=C(C)N(c2ccccc2)C(=S)N[C@H]1c1ccc(Cl)c([N+](=O)[O-])c1. The summed E-state index contributed by atoms with van der Waals surface area (Å²) in [7, 11) is 1.51. The van der Waals surface area contributed by atoms with Gasteiger partial charge in [-0.1, -0.05) is 35.9 Å². The summed E-state index contributed by atoms with van der Waals surface area (Å²) in [5.41, 5.74) is 1.80. The van der Waals surface area contributed by atoms with E-state index >= 15 is 0 Å². The number of allylic oxidation sites excluding steroid dienone is 1. The monoisotopic (exact) mass is 461 g/mol. The molecule has 1 N–H and O–H groups in total. The fourth-order valence-electron chi connectivity index (χ4n) is 3.29. The Hall–Kier alpha value is -3.01. The molecule has 162 valence electrons. The Kier molecular flexibility index (Phi) is 7.21. The van der Waals surface area contributed by atoms with E-state index in [2.05, 4.69) is 5.32 Å². The second-order valence-electron chi connectivity index (χ2n) is 6.65. The summed E-state index contributed by atoms with van der Waals surface area (Å²) in [6.07, 6.45) is 0. The van der Waals surface area contributed by atoms with Gasteiger partial charge in [-0.2, -0.15) is 0 Å². The Morgan fingerprint density at radius 2 is 1.97 bits per heavy atom. The fourth-order valence-corrected chi connectivity index (χ4v) is 3.84. The van der Waals surface area contributed by atoms with Gasteiger partial charge in [0, 0.05) is 24.6 Å². The molecule has 2 aromatic carbocycles. The van der Waals surface area contributed by atoms with E-state index in [0.717, 1.165) is 5.69 Å². The smallest absolute Gasteiger partial charge is 0.338 e. The fraction of sp³-hybridized carbons (Fsp3) is 0.238. The Labute approximate surface area is 189 Å². The second-order valence-corrected chi connectivity index (χ2v) is 7.44. The summed E-state index contributed by atoms with van der Waals surface area (Å²) in [5, 5.41) is 14.8. The second kappa shape index (κ2) is 9.86. The molecule has 0 radical (unpaired) electrons. The van der Waals surface area contributed by atoms with Crippen LogP contribution in [0.3, 0.4) is 0 Å². The predicted octanol–water partition coefficient (Wildman–Crippen LogP) is 4.15. The first-order valence-corrected chi connectivity index (χ1v) is 10.1. The number of nitrogens with one attached hydrogen (secondary N) is 1. The van der Waals surface area contributed by atoms with E-state index in [0.29, 0.717) is 16.4 Å². The van der Waals surface area contributed by atoms with Gasteiger partial charge in [-0.05, 0) is 42.9 Å². The number of anilines is 1. The predicted molar refractivity (Wildman–Crippen MR) is 121 cm³/mol. The first-order chi connectivity index (χ1) is 14.8. The molecular formula is C21H20ClN3O5S. The number of hydrogen-bond donors (Lipinski definition) is 1. The average molecular weight is 462 g/mol. The molecule has 1 aliphatic heterocycles. The van der Waals surface area contributed by atoms with Crippen molar-refractivity contribution in [1.29, 1.82) is 0 Å². The third-order valence-corrected chi connectivity index (χ3v) is 5.36. The first-order valence-electron chi connectivity index (χ1n) is 9.31. The van der Waals surface area contributed by atoms with Crippen LogP contribution in [0.15, 0.2) is 59.8 Å². The Morgan fingerprint density at radius 1 is 1.26 bits per heavy atom. The Balaban J connectivity index is 2.11. The number of rotatable bonds is 7. The number of nitro groups is 1. The van der Waals surface area contributed by atoms with E-state index in [9.17, 15) is 14.9 Å². The van der Waals surface area contributed by atoms with Gasteiger partial charge in [0.2, 0.25) is 0 Å². The van der Waals surface area contributed by atoms with Crippen molar-refractivity contribution in [2.24, 2.45) is 0 Å². The molecule has 1 aliphatic rings. The summed E-state index contributed by atoms with van der Waals surface area (Å²) in [4.78, 5) is 25.5. The largest absolute Gasteiger partial charge is 0.460 e. The molecule has 0 saturated heterocycles. The molecule has 10 heteroatoms. The number of nitro benzene ring substituents is 1. The van der Waals surface area contributed by atoms with Crippen molar-refractivity contribution in [2.75, 3.05) is 25.2 Å². The van der Waals surface area contributed by atoms with Crippen LogP contribution in [0.2, 0.25) is 5.02 Å². The maximum atomic E-state index is 13.0. The molecule has 0 saturated carbocycles. The third-order valence-electron chi connectivity index (χ3n) is 4.74. The van der Waals surface area contributed by atoms with Gasteiger partial charge in [-0.3, -0.25) is 15.0 Å². The number of benzene rings is 2. The molecule has 3 rings (SSSR count). The van der Waals surface area contributed by atoms with Crippen LogP contribution in [0.4, 0.5) is 11.4 Å². The van der Waals surface area contributed by atoms with Gasteiger partial charge in [0.05, 0.1) is 23.1 Å². The van der Waals surface area contributed by atoms with Crippen molar-refractivity contribution in [2.45, 2.75) is 13.0 Å². The Morgan fingerprint density at radius 3 is 2.61 bits per heavy atom. The van der Waals surface area contributed by atoms with Crippen molar-refractivity contribution in [3.05, 3.63) is 80.5 Å². The molecule has 0 amide bonds. The minimum absolute atomic E-state index is 0.00275. The van der Waals surface area contributed by atoms with Crippen LogP contribution in [-0.2, 0) is 14.3 Å². The van der Waals surface area contributed by atoms with E-state index in [4.69, 9.17) is 33.3 Å². The number of methoxy groups -OCH3 is 1. The molecule has 0 aliphatic carbocycles. The lowest BCUT2D eigenvalue weighted by atomic mass is 9.94. The standard InChI is InChI=1S/C21H20ClN3O5S/c1-13-18(20(26)30-11-10-29-2)19(14-8-9-16(22)17(12-14)25(27)28)23-21(31)24(13)15-6-4-3-5-7-15/h3-9,12,19H,10-11H2,1-2H3,(H,23,31)/t19-/m0/s1. The number of carbonyl (C=O) groups excluding carboxylic acids is 1. The van der Waals surface area contributed by atoms with E-state index in [-0.39, 0.29) is 29.5 Å². The zero-order chi connectivity index (χ0) is 22.5. The zero-order valence-electron chi connectivity index (χ0n) is 16.8. The number of ether oxygens (including phenoxy) is 2. The summed E-state index contributed by atoms with van der Waals surface area (Å²) in [6, 6.07) is 12.9. The van der Waals surface area contributed by atoms with E-state index < -0.39 is 16.9 Å². The van der Waals surface area contributed by atoms with Crippen molar-refractivity contribution in [1.82, 2.24) is 5.32 Å². The molecule has 2 aromatic rings. The van der Waals surface area contributed by atoms with E-state index in [1.165, 1.54) is 19.2 Å². The number of halogens is 1. The molecule has 0 fully saturated rings. The summed E-state index contributed by atoms with van der Waals surface area (Å²) in [6.45, 7) is 2.06. The lowest BCUT2D eigenvalue weighted by molar-refractivity contribution is -0.384. The number of thiocarbonyl (C=S) groups is 1. The topological polar surface area (TPSA) is 93.9 Å². The minimum atomic E-state index is -0.751. The van der Waals surface area contributed by atoms with Gasteiger partial charge in [0.25, 0.3) is 5.69 Å². The van der Waals surface area contributed by atoms with Crippen molar-refractivity contribution in [3.8, 4) is 0 Å². The van der Waals surface area contributed by atoms with Crippen LogP contribution < -0.4 is 10.2 Å². The van der Waals surface area contributed by atoms with Gasteiger partial charge in [0.1, 0.15) is 11.6 Å². The lowest BCUT2D eigenvalue weighted by Crippen LogP contribution is -2.48. The highest BCUT2D eigenvalue weighted by Crippen LogP contribution is 2.36. The van der Waals surface area contributed by atoms with Gasteiger partial charge in [-0.25, -0.2) is 4.79 Å². The summed E-state index contributed by atoms with van der Waals surface area (Å²) in [5.74, 6) is -0.576. The van der Waals surface area contributed by atoms with Crippen LogP contribution in [-0.4, -0.2) is 36.3 Å². The van der Waals surface area contributed by atoms with Crippen LogP contribution in [0.5, 0.6) is 0 Å². The van der Waals surface area contributed by atoms with Crippen molar-refractivity contribution in [3.63, 3.8) is 0 Å². The highest BCUT2D eigenvalue weighted by molar-refractivity contribution is 7.80. The van der Waals surface area contributed by atoms with Crippen molar-refractivity contribution >= 4 is 46.3 Å². The molecule has 31 heavy (non-hydrogen) atoms. The molecule has 1 atom stereocenters. The number of esters is 1. The van der Waals surface area contributed by atoms with Crippen LogP contribution in [0.25, 0.3) is 0 Å². The minimum Gasteiger partial charge on any atom is -0.460 e. The number of carbonyl (C=O) groups is 1. The molecule has 1 heterocycles. The first kappa shape index (κ1) is 22.7. The van der Waals surface area contributed by atoms with Gasteiger partial charge >= 0.3 is 5.97 Å². The summed E-state index contributed by atoms with van der Waals surface area (Å²) >= 11 is 11.5. The molecule has 8 nitrogen and oxygen atoms in total. The molecular weight excluding hydrogens is 442 g/mol. The lowest BCUT2D eigenvalue weighted by Gasteiger charge is -2.37. The van der Waals surface area contributed by atoms with Gasteiger partial charge in [-0.15, -0.1) is 0 Å². The Bertz CT molecular complexity index is 1040. The number of para-hydroxylation sites is 1. The number of hydrogen-bond acceptors (Lipinski definition) is 6. The molecule has 0 unspecified atom stereocenters. The van der Waals surface area contributed by atoms with E-state index in [1.54, 1.807) is 17.9 Å². The quantitative estimate of drug-likeness (QED) is 0.216. The molecule has 0 bridgehead atoms. The third kappa shape index (κ3) is 4.84. The average Bonchev–Trinajstić information content (AvgIpc) is 2.74. The van der Waals surface area contributed by atoms with Gasteiger partial charge in [0.15, 0.2) is 5.11 Å². The van der Waals surface area contributed by atoms with Crippen LogP contribution >= 0.6 is 23.8 Å². The van der Waals surface area contributed by atoms with Gasteiger partial charge < -0.3 is 14.8 Å². The highest BCUT2D eigenvalue weighted by atomic mass is 35.5. The molecule has 0 aromatic heterocycles. The normalized spacial score (nSPS) is 16.2. The molecule has 0 spiro atoms. The van der Waals surface area contributed by atoms with E-state index in [1.807, 2.05) is 30.3 Å². The van der Waals surface area contributed by atoms with Crippen molar-refractivity contribution < 1.29 is 19.2 Å². The maximum Gasteiger partial charge on any atom is 0.338 e. The van der Waals surface area contributed by atoms with Crippen LogP contribution in [0, 0.1) is 10.1 Å². The highest BCUT2D eigenvalue weighted by Gasteiger charge is 2.36. The number of nitrogens with zero attached hydrogens (tertiary/aromatic N) is 2. The van der Waals surface area contributed by atoms with Crippen LogP contribution in [0.1, 0.15) is 18.5 Å². The summed E-state index contributed by atoms with van der Waals surface area (Å²) < 4.78 is 10.3. The maximum absolute atomic E-state index is 13.0.